The van der Waals surface area contributed by atoms with E-state index in [2.05, 4.69) is 5.32 Å². The Morgan fingerprint density at radius 1 is 1.40 bits per heavy atom. The molecular formula is C14H13Cl2NO2S. The molecule has 1 aromatic carbocycles. The zero-order valence-electron chi connectivity index (χ0n) is 10.7. The van der Waals surface area contributed by atoms with Crippen molar-refractivity contribution in [1.82, 2.24) is 5.32 Å². The predicted molar refractivity (Wildman–Crippen MR) is 82.4 cm³/mol. The number of carbonyl (C=O) groups excluding carboxylic acids is 1. The van der Waals surface area contributed by atoms with Gasteiger partial charge in [-0.1, -0.05) is 35.3 Å². The maximum absolute atomic E-state index is 11.9. The molecule has 0 saturated carbocycles. The Kier molecular flexibility index (Phi) is 5.43. The molecule has 1 heterocycles. The van der Waals surface area contributed by atoms with Crippen LogP contribution >= 0.6 is 34.5 Å². The van der Waals surface area contributed by atoms with E-state index in [-0.39, 0.29) is 5.97 Å². The monoisotopic (exact) mass is 329 g/mol. The highest BCUT2D eigenvalue weighted by molar-refractivity contribution is 7.09. The minimum Gasteiger partial charge on any atom is -0.468 e. The van der Waals surface area contributed by atoms with E-state index in [1.807, 2.05) is 17.5 Å². The van der Waals surface area contributed by atoms with Crippen molar-refractivity contribution < 1.29 is 9.53 Å². The molecule has 6 heteroatoms. The number of methoxy groups -OCH3 is 1. The Labute approximate surface area is 131 Å². The summed E-state index contributed by atoms with van der Waals surface area (Å²) in [5.41, 5.74) is 0.652. The average Bonchev–Trinajstić information content (AvgIpc) is 2.93. The first kappa shape index (κ1) is 15.3. The summed E-state index contributed by atoms with van der Waals surface area (Å²) in [5.74, 6) is -0.384. The van der Waals surface area contributed by atoms with Gasteiger partial charge >= 0.3 is 5.97 Å². The first-order chi connectivity index (χ1) is 9.61. The van der Waals surface area contributed by atoms with Crippen molar-refractivity contribution in [3.05, 3.63) is 56.2 Å². The molecule has 106 valence electrons. The number of halogens is 2. The molecule has 1 unspecified atom stereocenters. The lowest BCUT2D eigenvalue weighted by Gasteiger charge is -2.17. The molecule has 0 aliphatic rings. The van der Waals surface area contributed by atoms with Crippen molar-refractivity contribution in [3.63, 3.8) is 0 Å². The van der Waals surface area contributed by atoms with Gasteiger partial charge in [0.1, 0.15) is 6.04 Å². The Bertz CT molecular complexity index is 587. The molecule has 1 atom stereocenters. The Hall–Kier alpha value is -1.07. The SMILES string of the molecule is COC(=O)C(NCc1cccs1)c1ccc(Cl)cc1Cl. The molecule has 0 fully saturated rings. The molecule has 20 heavy (non-hydrogen) atoms. The molecule has 1 N–H and O–H groups in total. The second kappa shape index (κ2) is 7.09. The van der Waals surface area contributed by atoms with E-state index in [1.165, 1.54) is 7.11 Å². The van der Waals surface area contributed by atoms with Crippen LogP contribution < -0.4 is 5.32 Å². The number of esters is 1. The number of ether oxygens (including phenoxy) is 1. The van der Waals surface area contributed by atoms with E-state index in [9.17, 15) is 4.79 Å². The number of hydrogen-bond acceptors (Lipinski definition) is 4. The van der Waals surface area contributed by atoms with Gasteiger partial charge in [-0.25, -0.2) is 4.79 Å². The summed E-state index contributed by atoms with van der Waals surface area (Å²) in [5, 5.41) is 6.11. The van der Waals surface area contributed by atoms with E-state index < -0.39 is 6.04 Å². The van der Waals surface area contributed by atoms with E-state index in [0.717, 1.165) is 4.88 Å². The molecule has 0 saturated heterocycles. The molecule has 2 aromatic rings. The van der Waals surface area contributed by atoms with Crippen LogP contribution in [-0.2, 0) is 16.1 Å². The van der Waals surface area contributed by atoms with Gasteiger partial charge < -0.3 is 4.74 Å². The van der Waals surface area contributed by atoms with Gasteiger partial charge in [0, 0.05) is 21.5 Å². The second-order valence-electron chi connectivity index (χ2n) is 4.08. The number of benzene rings is 1. The largest absolute Gasteiger partial charge is 0.468 e. The fraction of sp³-hybridized carbons (Fsp3) is 0.214. The fourth-order valence-corrected chi connectivity index (χ4v) is 2.96. The van der Waals surface area contributed by atoms with Gasteiger partial charge in [0.05, 0.1) is 7.11 Å². The van der Waals surface area contributed by atoms with E-state index in [1.54, 1.807) is 29.5 Å². The highest BCUT2D eigenvalue weighted by atomic mass is 35.5. The van der Waals surface area contributed by atoms with Crippen LogP contribution in [0.1, 0.15) is 16.5 Å². The second-order valence-corrected chi connectivity index (χ2v) is 5.96. The highest BCUT2D eigenvalue weighted by Crippen LogP contribution is 2.27. The molecule has 1 aromatic heterocycles. The molecule has 0 amide bonds. The van der Waals surface area contributed by atoms with Crippen molar-refractivity contribution >= 4 is 40.5 Å². The third-order valence-electron chi connectivity index (χ3n) is 2.77. The zero-order chi connectivity index (χ0) is 14.5. The van der Waals surface area contributed by atoms with Gasteiger partial charge in [-0.3, -0.25) is 5.32 Å². The number of thiophene rings is 1. The van der Waals surface area contributed by atoms with Gasteiger partial charge in [-0.05, 0) is 29.1 Å². The maximum atomic E-state index is 11.9. The summed E-state index contributed by atoms with van der Waals surface area (Å²) in [6, 6.07) is 8.38. The van der Waals surface area contributed by atoms with Crippen LogP contribution in [0.25, 0.3) is 0 Å². The summed E-state index contributed by atoms with van der Waals surface area (Å²) >= 11 is 13.6. The maximum Gasteiger partial charge on any atom is 0.327 e. The molecule has 0 aliphatic heterocycles. The zero-order valence-corrected chi connectivity index (χ0v) is 13.1. The van der Waals surface area contributed by atoms with Crippen molar-refractivity contribution in [2.24, 2.45) is 0 Å². The lowest BCUT2D eigenvalue weighted by molar-refractivity contribution is -0.143. The number of nitrogens with one attached hydrogen (secondary N) is 1. The standard InChI is InChI=1S/C14H13Cl2NO2S/c1-19-14(18)13(17-8-10-3-2-6-20-10)11-5-4-9(15)7-12(11)16/h2-7,13,17H,8H2,1H3. The molecule has 0 bridgehead atoms. The summed E-state index contributed by atoms with van der Waals surface area (Å²) in [7, 11) is 1.35. The van der Waals surface area contributed by atoms with Gasteiger partial charge in [-0.15, -0.1) is 11.3 Å². The summed E-state index contributed by atoms with van der Waals surface area (Å²) in [4.78, 5) is 13.1. The minimum atomic E-state index is -0.619. The van der Waals surface area contributed by atoms with Crippen LogP contribution in [0.5, 0.6) is 0 Å². The van der Waals surface area contributed by atoms with Gasteiger partial charge in [0.15, 0.2) is 0 Å². The lowest BCUT2D eigenvalue weighted by Crippen LogP contribution is -2.29. The van der Waals surface area contributed by atoms with Crippen LogP contribution in [0, 0.1) is 0 Å². The minimum absolute atomic E-state index is 0.384. The number of hydrogen-bond donors (Lipinski definition) is 1. The van der Waals surface area contributed by atoms with Crippen LogP contribution in [0.2, 0.25) is 10.0 Å². The number of carbonyl (C=O) groups is 1. The van der Waals surface area contributed by atoms with Crippen molar-refractivity contribution in [3.8, 4) is 0 Å². The van der Waals surface area contributed by atoms with Crippen LogP contribution in [0.15, 0.2) is 35.7 Å². The van der Waals surface area contributed by atoms with Crippen molar-refractivity contribution in [1.29, 1.82) is 0 Å². The first-order valence-corrected chi connectivity index (χ1v) is 7.54. The fourth-order valence-electron chi connectivity index (χ4n) is 1.79. The average molecular weight is 330 g/mol. The molecular weight excluding hydrogens is 317 g/mol. The third kappa shape index (κ3) is 3.73. The van der Waals surface area contributed by atoms with Crippen molar-refractivity contribution in [2.75, 3.05) is 7.11 Å². The van der Waals surface area contributed by atoms with Crippen LogP contribution in [0.4, 0.5) is 0 Å². The smallest absolute Gasteiger partial charge is 0.327 e. The molecule has 2 rings (SSSR count). The number of rotatable bonds is 5. The topological polar surface area (TPSA) is 38.3 Å². The molecule has 3 nitrogen and oxygen atoms in total. The predicted octanol–water partition coefficient (Wildman–Crippen LogP) is 4.06. The Morgan fingerprint density at radius 3 is 2.80 bits per heavy atom. The van der Waals surface area contributed by atoms with Crippen molar-refractivity contribution in [2.45, 2.75) is 12.6 Å². The van der Waals surface area contributed by atoms with Crippen LogP contribution in [0.3, 0.4) is 0 Å². The summed E-state index contributed by atoms with van der Waals surface area (Å²) in [6.07, 6.45) is 0. The van der Waals surface area contributed by atoms with Gasteiger partial charge in [-0.2, -0.15) is 0 Å². The van der Waals surface area contributed by atoms with Crippen LogP contribution in [-0.4, -0.2) is 13.1 Å². The lowest BCUT2D eigenvalue weighted by atomic mass is 10.1. The Morgan fingerprint density at radius 2 is 2.20 bits per heavy atom. The Balaban J connectivity index is 2.20. The van der Waals surface area contributed by atoms with E-state index in [4.69, 9.17) is 27.9 Å². The quantitative estimate of drug-likeness (QED) is 0.840. The molecule has 0 radical (unpaired) electrons. The third-order valence-corrected chi connectivity index (χ3v) is 4.21. The molecule has 0 spiro atoms. The van der Waals surface area contributed by atoms with E-state index in [0.29, 0.717) is 22.2 Å². The van der Waals surface area contributed by atoms with Gasteiger partial charge in [0.2, 0.25) is 0 Å². The highest BCUT2D eigenvalue weighted by Gasteiger charge is 2.23. The van der Waals surface area contributed by atoms with E-state index >= 15 is 0 Å². The summed E-state index contributed by atoms with van der Waals surface area (Å²) < 4.78 is 4.83. The molecule has 0 aliphatic carbocycles. The summed E-state index contributed by atoms with van der Waals surface area (Å²) in [6.45, 7) is 0.566. The van der Waals surface area contributed by atoms with Gasteiger partial charge in [0.25, 0.3) is 0 Å². The first-order valence-electron chi connectivity index (χ1n) is 5.90. The normalized spacial score (nSPS) is 12.2.